The van der Waals surface area contributed by atoms with Gasteiger partial charge >= 0.3 is 0 Å². The average Bonchev–Trinajstić information content (AvgIpc) is 3.35. The van der Waals surface area contributed by atoms with Gasteiger partial charge in [0.05, 0.1) is 45.2 Å². The molecule has 1 aliphatic rings. The minimum atomic E-state index is 0.0179. The molecule has 0 spiro atoms. The second kappa shape index (κ2) is 10.7. The molecule has 5 nitrogen and oxygen atoms in total. The van der Waals surface area contributed by atoms with Gasteiger partial charge in [-0.05, 0) is 25.3 Å². The first-order valence-corrected chi connectivity index (χ1v) is 8.40. The standard InChI is InChI=1S/C18H28O5/c1-2-20-10-11-22-16(8-9-17-18(12-19)23-17)14-21-13-15-6-4-3-5-7-15/h3-7,16-19H,2,8-14H2,1H3. The quantitative estimate of drug-likeness (QED) is 0.445. The highest BCUT2D eigenvalue weighted by atomic mass is 16.6. The Kier molecular flexibility index (Phi) is 8.57. The molecule has 5 heteroatoms. The van der Waals surface area contributed by atoms with Crippen molar-refractivity contribution in [2.75, 3.05) is 33.0 Å². The Bertz CT molecular complexity index is 411. The fourth-order valence-corrected chi connectivity index (χ4v) is 2.46. The summed E-state index contributed by atoms with van der Waals surface area (Å²) in [6.45, 7) is 5.09. The van der Waals surface area contributed by atoms with Gasteiger partial charge in [-0.2, -0.15) is 0 Å². The van der Waals surface area contributed by atoms with Crippen molar-refractivity contribution >= 4 is 0 Å². The van der Waals surface area contributed by atoms with E-state index in [4.69, 9.17) is 24.1 Å². The summed E-state index contributed by atoms with van der Waals surface area (Å²) in [5.41, 5.74) is 1.16. The Hall–Kier alpha value is -0.980. The lowest BCUT2D eigenvalue weighted by Crippen LogP contribution is -2.23. The molecular formula is C18H28O5. The Labute approximate surface area is 138 Å². The number of ether oxygens (including phenoxy) is 4. The summed E-state index contributed by atoms with van der Waals surface area (Å²) in [7, 11) is 0. The third-order valence-electron chi connectivity index (χ3n) is 3.84. The number of hydrogen-bond acceptors (Lipinski definition) is 5. The highest BCUT2D eigenvalue weighted by Gasteiger charge is 2.37. The van der Waals surface area contributed by atoms with Gasteiger partial charge in [-0.1, -0.05) is 30.3 Å². The third-order valence-corrected chi connectivity index (χ3v) is 3.84. The van der Waals surface area contributed by atoms with Crippen LogP contribution in [0.15, 0.2) is 30.3 Å². The fourth-order valence-electron chi connectivity index (χ4n) is 2.46. The van der Waals surface area contributed by atoms with Crippen LogP contribution in [-0.4, -0.2) is 56.5 Å². The van der Waals surface area contributed by atoms with E-state index in [0.29, 0.717) is 33.0 Å². The molecule has 1 saturated heterocycles. The topological polar surface area (TPSA) is 60.5 Å². The average molecular weight is 324 g/mol. The Morgan fingerprint density at radius 1 is 1.13 bits per heavy atom. The van der Waals surface area contributed by atoms with E-state index in [1.165, 1.54) is 0 Å². The van der Waals surface area contributed by atoms with Crippen LogP contribution in [0.25, 0.3) is 0 Å². The van der Waals surface area contributed by atoms with E-state index >= 15 is 0 Å². The summed E-state index contributed by atoms with van der Waals surface area (Å²) < 4.78 is 22.3. The molecule has 3 unspecified atom stereocenters. The van der Waals surface area contributed by atoms with E-state index in [1.54, 1.807) is 0 Å². The SMILES string of the molecule is CCOCCOC(CCC1OC1CO)COCc1ccccc1. The number of rotatable bonds is 13. The fraction of sp³-hybridized carbons (Fsp3) is 0.667. The lowest BCUT2D eigenvalue weighted by atomic mass is 10.1. The molecule has 1 N–H and O–H groups in total. The van der Waals surface area contributed by atoms with Crippen LogP contribution in [-0.2, 0) is 25.6 Å². The van der Waals surface area contributed by atoms with Gasteiger partial charge in [0.25, 0.3) is 0 Å². The number of aliphatic hydroxyl groups excluding tert-OH is 1. The zero-order valence-electron chi connectivity index (χ0n) is 13.9. The van der Waals surface area contributed by atoms with Crippen LogP contribution in [0.1, 0.15) is 25.3 Å². The van der Waals surface area contributed by atoms with Gasteiger partial charge in [-0.15, -0.1) is 0 Å². The van der Waals surface area contributed by atoms with E-state index in [2.05, 4.69) is 12.1 Å². The van der Waals surface area contributed by atoms with Gasteiger partial charge in [-0.25, -0.2) is 0 Å². The maximum absolute atomic E-state index is 9.01. The molecule has 1 heterocycles. The minimum Gasteiger partial charge on any atom is -0.394 e. The lowest BCUT2D eigenvalue weighted by Gasteiger charge is -2.18. The minimum absolute atomic E-state index is 0.0179. The Morgan fingerprint density at radius 3 is 2.65 bits per heavy atom. The summed E-state index contributed by atoms with van der Waals surface area (Å²) in [6, 6.07) is 10.1. The molecule has 0 amide bonds. The number of hydrogen-bond donors (Lipinski definition) is 1. The van der Waals surface area contributed by atoms with E-state index in [0.717, 1.165) is 18.4 Å². The molecule has 2 rings (SSSR count). The van der Waals surface area contributed by atoms with Crippen LogP contribution >= 0.6 is 0 Å². The van der Waals surface area contributed by atoms with Gasteiger partial charge in [-0.3, -0.25) is 0 Å². The lowest BCUT2D eigenvalue weighted by molar-refractivity contribution is -0.0449. The van der Waals surface area contributed by atoms with Crippen LogP contribution in [0.3, 0.4) is 0 Å². The molecule has 1 aromatic carbocycles. The normalized spacial score (nSPS) is 21.3. The molecule has 0 radical (unpaired) electrons. The largest absolute Gasteiger partial charge is 0.394 e. The number of epoxide rings is 1. The predicted molar refractivity (Wildman–Crippen MR) is 87.3 cm³/mol. The summed E-state index contributed by atoms with van der Waals surface area (Å²) >= 11 is 0. The number of benzene rings is 1. The van der Waals surface area contributed by atoms with Crippen molar-refractivity contribution in [3.8, 4) is 0 Å². The van der Waals surface area contributed by atoms with E-state index in [9.17, 15) is 0 Å². The summed E-state index contributed by atoms with van der Waals surface area (Å²) in [4.78, 5) is 0. The molecule has 1 aliphatic heterocycles. The summed E-state index contributed by atoms with van der Waals surface area (Å²) in [5, 5.41) is 9.01. The van der Waals surface area contributed by atoms with E-state index in [1.807, 2.05) is 25.1 Å². The first-order chi connectivity index (χ1) is 11.3. The second-order valence-corrected chi connectivity index (χ2v) is 5.66. The molecule has 0 saturated carbocycles. The Balaban J connectivity index is 1.66. The van der Waals surface area contributed by atoms with Crippen molar-refractivity contribution in [3.63, 3.8) is 0 Å². The predicted octanol–water partition coefficient (Wildman–Crippen LogP) is 2.16. The maximum atomic E-state index is 9.01. The van der Waals surface area contributed by atoms with Gasteiger partial charge in [0, 0.05) is 6.61 Å². The molecule has 0 aliphatic carbocycles. The van der Waals surface area contributed by atoms with Gasteiger partial charge in [0.1, 0.15) is 6.10 Å². The van der Waals surface area contributed by atoms with Crippen molar-refractivity contribution in [1.82, 2.24) is 0 Å². The first kappa shape index (κ1) is 18.4. The molecule has 0 bridgehead atoms. The van der Waals surface area contributed by atoms with E-state index in [-0.39, 0.29) is 24.9 Å². The van der Waals surface area contributed by atoms with Crippen molar-refractivity contribution in [1.29, 1.82) is 0 Å². The molecule has 3 atom stereocenters. The molecule has 23 heavy (non-hydrogen) atoms. The summed E-state index contributed by atoms with van der Waals surface area (Å²) in [6.07, 6.45) is 1.97. The van der Waals surface area contributed by atoms with Crippen LogP contribution in [0, 0.1) is 0 Å². The zero-order valence-corrected chi connectivity index (χ0v) is 13.9. The van der Waals surface area contributed by atoms with Crippen molar-refractivity contribution in [3.05, 3.63) is 35.9 Å². The zero-order chi connectivity index (χ0) is 16.3. The second-order valence-electron chi connectivity index (χ2n) is 5.66. The van der Waals surface area contributed by atoms with Crippen molar-refractivity contribution in [2.24, 2.45) is 0 Å². The molecular weight excluding hydrogens is 296 g/mol. The van der Waals surface area contributed by atoms with Crippen LogP contribution in [0.2, 0.25) is 0 Å². The smallest absolute Gasteiger partial charge is 0.107 e. The van der Waals surface area contributed by atoms with E-state index < -0.39 is 0 Å². The molecule has 0 aromatic heterocycles. The maximum Gasteiger partial charge on any atom is 0.107 e. The monoisotopic (exact) mass is 324 g/mol. The first-order valence-electron chi connectivity index (χ1n) is 8.40. The highest BCUT2D eigenvalue weighted by Crippen LogP contribution is 2.27. The van der Waals surface area contributed by atoms with Crippen LogP contribution in [0.4, 0.5) is 0 Å². The molecule has 1 aromatic rings. The van der Waals surface area contributed by atoms with Crippen LogP contribution < -0.4 is 0 Å². The Morgan fingerprint density at radius 2 is 1.96 bits per heavy atom. The summed E-state index contributed by atoms with van der Waals surface area (Å²) in [5.74, 6) is 0. The van der Waals surface area contributed by atoms with Gasteiger partial charge < -0.3 is 24.1 Å². The third kappa shape index (κ3) is 7.42. The van der Waals surface area contributed by atoms with Gasteiger partial charge in [0.15, 0.2) is 0 Å². The van der Waals surface area contributed by atoms with Gasteiger partial charge in [0.2, 0.25) is 0 Å². The molecule has 1 fully saturated rings. The van der Waals surface area contributed by atoms with Crippen molar-refractivity contribution < 1.29 is 24.1 Å². The van der Waals surface area contributed by atoms with Crippen molar-refractivity contribution in [2.45, 2.75) is 44.7 Å². The van der Waals surface area contributed by atoms with Crippen LogP contribution in [0.5, 0.6) is 0 Å². The highest BCUT2D eigenvalue weighted by molar-refractivity contribution is 5.13. The number of aliphatic hydroxyl groups is 1. The molecule has 130 valence electrons.